The zero-order valence-corrected chi connectivity index (χ0v) is 10.7. The van der Waals surface area contributed by atoms with Crippen molar-refractivity contribution in [3.8, 4) is 0 Å². The zero-order chi connectivity index (χ0) is 12.8. The predicted molar refractivity (Wildman–Crippen MR) is 73.1 cm³/mol. The van der Waals surface area contributed by atoms with Gasteiger partial charge in [0.2, 0.25) is 0 Å². The molecule has 0 N–H and O–H groups in total. The van der Waals surface area contributed by atoms with E-state index in [0.717, 1.165) is 22.3 Å². The second kappa shape index (κ2) is 6.00. The molecule has 0 unspecified atom stereocenters. The Balaban J connectivity index is 3.21. The molecular weight excluding hydrogens is 208 g/mol. The van der Waals surface area contributed by atoms with E-state index in [2.05, 4.69) is 6.58 Å². The van der Waals surface area contributed by atoms with Crippen LogP contribution in [0.5, 0.6) is 0 Å². The topological polar surface area (TPSA) is 17.1 Å². The van der Waals surface area contributed by atoms with Crippen LogP contribution >= 0.6 is 0 Å². The Morgan fingerprint density at radius 2 is 1.71 bits per heavy atom. The van der Waals surface area contributed by atoms with Crippen molar-refractivity contribution in [2.24, 2.45) is 0 Å². The maximum atomic E-state index is 12.4. The number of carbonyl (C=O) groups excluding carboxylic acids is 1. The van der Waals surface area contributed by atoms with Gasteiger partial charge in [0.05, 0.1) is 0 Å². The number of ketones is 1. The van der Waals surface area contributed by atoms with Gasteiger partial charge in [-0.25, -0.2) is 0 Å². The second-order valence-corrected chi connectivity index (χ2v) is 4.16. The molecule has 1 aromatic rings. The fourth-order valence-electron chi connectivity index (χ4n) is 1.79. The average molecular weight is 226 g/mol. The van der Waals surface area contributed by atoms with E-state index in [1.165, 1.54) is 0 Å². The molecule has 0 aromatic heterocycles. The zero-order valence-electron chi connectivity index (χ0n) is 10.7. The first-order valence-corrected chi connectivity index (χ1v) is 5.65. The van der Waals surface area contributed by atoms with Crippen LogP contribution in [0.2, 0.25) is 0 Å². The van der Waals surface area contributed by atoms with Gasteiger partial charge < -0.3 is 0 Å². The lowest BCUT2D eigenvalue weighted by molar-refractivity contribution is 0.103. The molecule has 0 fully saturated rings. The molecule has 1 rings (SSSR count). The molecule has 0 saturated carbocycles. The minimum atomic E-state index is 0.0706. The van der Waals surface area contributed by atoms with Crippen molar-refractivity contribution in [3.63, 3.8) is 0 Å². The summed E-state index contributed by atoms with van der Waals surface area (Å²) in [4.78, 5) is 12.4. The van der Waals surface area contributed by atoms with Crippen LogP contribution in [0.3, 0.4) is 0 Å². The molecule has 0 heterocycles. The van der Waals surface area contributed by atoms with Crippen LogP contribution < -0.4 is 0 Å². The number of carbonyl (C=O) groups is 1. The van der Waals surface area contributed by atoms with E-state index in [4.69, 9.17) is 0 Å². The number of allylic oxidation sites excluding steroid dienone is 5. The molecule has 0 bridgehead atoms. The molecule has 0 aliphatic carbocycles. The SMILES string of the molecule is C=C/C=C(\C)C(C(=O)c1ccccc1)=C(C)C. The standard InChI is InChI=1S/C16H18O/c1-5-9-13(4)15(12(2)3)16(17)14-10-7-6-8-11-14/h5-11H,1H2,2-4H3/b13-9+. The molecule has 0 aliphatic rings. The molecule has 88 valence electrons. The fourth-order valence-corrected chi connectivity index (χ4v) is 1.79. The summed E-state index contributed by atoms with van der Waals surface area (Å²) in [5, 5.41) is 0. The normalized spacial score (nSPS) is 10.9. The van der Waals surface area contributed by atoms with Crippen molar-refractivity contribution in [1.29, 1.82) is 0 Å². The van der Waals surface area contributed by atoms with E-state index in [9.17, 15) is 4.79 Å². The summed E-state index contributed by atoms with van der Waals surface area (Å²) >= 11 is 0. The highest BCUT2D eigenvalue weighted by molar-refractivity contribution is 6.11. The monoisotopic (exact) mass is 226 g/mol. The number of Topliss-reactive ketones (excluding diaryl/α,β-unsaturated/α-hetero) is 1. The molecule has 1 nitrogen and oxygen atoms in total. The summed E-state index contributed by atoms with van der Waals surface area (Å²) in [6.45, 7) is 9.51. The van der Waals surface area contributed by atoms with Crippen molar-refractivity contribution in [2.45, 2.75) is 20.8 Å². The van der Waals surface area contributed by atoms with E-state index in [-0.39, 0.29) is 5.78 Å². The van der Waals surface area contributed by atoms with Crippen LogP contribution in [0.15, 0.2) is 65.8 Å². The van der Waals surface area contributed by atoms with Gasteiger partial charge in [0.25, 0.3) is 0 Å². The maximum absolute atomic E-state index is 12.4. The number of rotatable bonds is 4. The lowest BCUT2D eigenvalue weighted by atomic mass is 9.94. The van der Waals surface area contributed by atoms with Crippen LogP contribution in [-0.4, -0.2) is 5.78 Å². The number of hydrogen-bond donors (Lipinski definition) is 0. The van der Waals surface area contributed by atoms with Gasteiger partial charge in [-0.05, 0) is 26.3 Å². The minimum Gasteiger partial charge on any atom is -0.289 e. The smallest absolute Gasteiger partial charge is 0.193 e. The van der Waals surface area contributed by atoms with Gasteiger partial charge in [-0.15, -0.1) is 0 Å². The van der Waals surface area contributed by atoms with E-state index < -0.39 is 0 Å². The summed E-state index contributed by atoms with van der Waals surface area (Å²) < 4.78 is 0. The van der Waals surface area contributed by atoms with Gasteiger partial charge >= 0.3 is 0 Å². The van der Waals surface area contributed by atoms with Crippen molar-refractivity contribution in [1.82, 2.24) is 0 Å². The van der Waals surface area contributed by atoms with Crippen molar-refractivity contribution < 1.29 is 4.79 Å². The largest absolute Gasteiger partial charge is 0.289 e. The van der Waals surface area contributed by atoms with Crippen LogP contribution in [0, 0.1) is 0 Å². The molecule has 0 saturated heterocycles. The Hall–Kier alpha value is -1.89. The lowest BCUT2D eigenvalue weighted by Crippen LogP contribution is -2.06. The van der Waals surface area contributed by atoms with Gasteiger partial charge in [-0.3, -0.25) is 4.79 Å². The molecule has 0 radical (unpaired) electrons. The summed E-state index contributed by atoms with van der Waals surface area (Å²) in [5.41, 5.74) is 3.47. The van der Waals surface area contributed by atoms with Crippen LogP contribution in [0.25, 0.3) is 0 Å². The molecule has 0 atom stereocenters. The van der Waals surface area contributed by atoms with Crippen LogP contribution in [0.4, 0.5) is 0 Å². The predicted octanol–water partition coefficient (Wildman–Crippen LogP) is 4.34. The minimum absolute atomic E-state index is 0.0706. The van der Waals surface area contributed by atoms with Crippen molar-refractivity contribution in [2.75, 3.05) is 0 Å². The van der Waals surface area contributed by atoms with Crippen LogP contribution in [0.1, 0.15) is 31.1 Å². The van der Waals surface area contributed by atoms with E-state index in [1.54, 1.807) is 6.08 Å². The molecular formula is C16H18O. The summed E-state index contributed by atoms with van der Waals surface area (Å²) in [7, 11) is 0. The summed E-state index contributed by atoms with van der Waals surface area (Å²) in [6, 6.07) is 9.34. The third-order valence-electron chi connectivity index (χ3n) is 2.53. The number of hydrogen-bond acceptors (Lipinski definition) is 1. The van der Waals surface area contributed by atoms with Crippen LogP contribution in [-0.2, 0) is 0 Å². The van der Waals surface area contributed by atoms with Gasteiger partial charge in [0, 0.05) is 11.1 Å². The number of benzene rings is 1. The molecule has 0 spiro atoms. The Labute approximate surface area is 103 Å². The molecule has 1 aromatic carbocycles. The summed E-state index contributed by atoms with van der Waals surface area (Å²) in [6.07, 6.45) is 3.57. The first-order valence-electron chi connectivity index (χ1n) is 5.65. The second-order valence-electron chi connectivity index (χ2n) is 4.16. The highest BCUT2D eigenvalue weighted by Gasteiger charge is 2.14. The quantitative estimate of drug-likeness (QED) is 0.424. The average Bonchev–Trinajstić information content (AvgIpc) is 2.30. The van der Waals surface area contributed by atoms with Gasteiger partial charge in [0.15, 0.2) is 5.78 Å². The highest BCUT2D eigenvalue weighted by Crippen LogP contribution is 2.20. The molecule has 1 heteroatoms. The lowest BCUT2D eigenvalue weighted by Gasteiger charge is -2.09. The molecule has 17 heavy (non-hydrogen) atoms. The van der Waals surface area contributed by atoms with E-state index in [0.29, 0.717) is 0 Å². The van der Waals surface area contributed by atoms with Crippen molar-refractivity contribution >= 4 is 5.78 Å². The van der Waals surface area contributed by atoms with Gasteiger partial charge in [-0.2, -0.15) is 0 Å². The fraction of sp³-hybridized carbons (Fsp3) is 0.188. The first-order chi connectivity index (χ1) is 8.07. The van der Waals surface area contributed by atoms with Gasteiger partial charge in [-0.1, -0.05) is 54.6 Å². The van der Waals surface area contributed by atoms with Crippen molar-refractivity contribution in [3.05, 3.63) is 71.3 Å². The molecule has 0 aliphatic heterocycles. The van der Waals surface area contributed by atoms with E-state index >= 15 is 0 Å². The first kappa shape index (κ1) is 13.2. The highest BCUT2D eigenvalue weighted by atomic mass is 16.1. The van der Waals surface area contributed by atoms with E-state index in [1.807, 2.05) is 57.2 Å². The Morgan fingerprint density at radius 1 is 1.12 bits per heavy atom. The third-order valence-corrected chi connectivity index (χ3v) is 2.53. The maximum Gasteiger partial charge on any atom is 0.193 e. The third kappa shape index (κ3) is 3.28. The summed E-state index contributed by atoms with van der Waals surface area (Å²) in [5.74, 6) is 0.0706. The van der Waals surface area contributed by atoms with Gasteiger partial charge in [0.1, 0.15) is 0 Å². The Bertz CT molecular complexity index is 472. The Kier molecular flexibility index (Phi) is 4.65. The molecule has 0 amide bonds. The Morgan fingerprint density at radius 3 is 2.18 bits per heavy atom.